The van der Waals surface area contributed by atoms with Crippen LogP contribution < -0.4 is 5.32 Å². The molecule has 0 spiro atoms. The number of rotatable bonds is 4. The summed E-state index contributed by atoms with van der Waals surface area (Å²) in [5.74, 6) is -0.866. The van der Waals surface area contributed by atoms with Crippen molar-refractivity contribution in [3.63, 3.8) is 0 Å². The number of aliphatic carboxylic acids is 1. The van der Waals surface area contributed by atoms with Crippen molar-refractivity contribution in [2.45, 2.75) is 26.8 Å². The van der Waals surface area contributed by atoms with Crippen molar-refractivity contribution >= 4 is 23.0 Å². The van der Waals surface area contributed by atoms with E-state index < -0.39 is 12.0 Å². The van der Waals surface area contributed by atoms with Crippen molar-refractivity contribution in [3.05, 3.63) is 34.2 Å². The van der Waals surface area contributed by atoms with Gasteiger partial charge in [0.15, 0.2) is 0 Å². The highest BCUT2D eigenvalue weighted by molar-refractivity contribution is 7.11. The second-order valence-corrected chi connectivity index (χ2v) is 5.83. The Morgan fingerprint density at radius 1 is 1.32 bits per heavy atom. The maximum atomic E-state index is 10.8. The Kier molecular flexibility index (Phi) is 3.85. The Balaban J connectivity index is 2.19. The molecule has 0 aliphatic rings. The number of aryl methyl sites for hydroxylation is 2. The Morgan fingerprint density at radius 3 is 2.42 bits per heavy atom. The van der Waals surface area contributed by atoms with Gasteiger partial charge >= 0.3 is 5.97 Å². The topological polar surface area (TPSA) is 62.2 Å². The molecule has 4 nitrogen and oxygen atoms in total. The number of hydrogen-bond donors (Lipinski definition) is 2. The van der Waals surface area contributed by atoms with Gasteiger partial charge in [-0.1, -0.05) is 12.1 Å². The number of hydrogen-bond acceptors (Lipinski definition) is 4. The molecular formula is C14H16N2O2S. The molecule has 2 N–H and O–H groups in total. The van der Waals surface area contributed by atoms with E-state index in [4.69, 9.17) is 5.11 Å². The molecule has 19 heavy (non-hydrogen) atoms. The highest BCUT2D eigenvalue weighted by atomic mass is 32.1. The summed E-state index contributed by atoms with van der Waals surface area (Å²) in [5, 5.41) is 12.8. The van der Waals surface area contributed by atoms with Gasteiger partial charge in [-0.25, -0.2) is 4.98 Å². The molecule has 0 saturated heterocycles. The van der Waals surface area contributed by atoms with Crippen LogP contribution in [-0.2, 0) is 4.79 Å². The van der Waals surface area contributed by atoms with E-state index in [9.17, 15) is 4.79 Å². The highest BCUT2D eigenvalue weighted by Gasteiger charge is 2.11. The molecule has 1 unspecified atom stereocenters. The lowest BCUT2D eigenvalue weighted by Gasteiger charge is -2.10. The number of aromatic nitrogens is 1. The number of carboxylic acids is 1. The predicted molar refractivity (Wildman–Crippen MR) is 77.7 cm³/mol. The van der Waals surface area contributed by atoms with Crippen molar-refractivity contribution < 1.29 is 9.90 Å². The summed E-state index contributed by atoms with van der Waals surface area (Å²) in [6.07, 6.45) is 0. The molecule has 0 fully saturated rings. The van der Waals surface area contributed by atoms with Crippen LogP contribution in [-0.4, -0.2) is 22.1 Å². The van der Waals surface area contributed by atoms with Gasteiger partial charge in [0.25, 0.3) is 0 Å². The van der Waals surface area contributed by atoms with Gasteiger partial charge in [-0.05, 0) is 32.9 Å². The molecule has 0 bridgehead atoms. The second kappa shape index (κ2) is 5.40. The van der Waals surface area contributed by atoms with Crippen LogP contribution >= 0.6 is 11.3 Å². The largest absolute Gasteiger partial charge is 0.480 e. The lowest BCUT2D eigenvalue weighted by atomic mass is 10.1. The highest BCUT2D eigenvalue weighted by Crippen LogP contribution is 2.28. The number of carboxylic acid groups (broad SMARTS) is 1. The third-order valence-electron chi connectivity index (χ3n) is 2.82. The van der Waals surface area contributed by atoms with E-state index in [1.54, 1.807) is 18.3 Å². The molecule has 0 amide bonds. The Morgan fingerprint density at radius 2 is 1.95 bits per heavy atom. The summed E-state index contributed by atoms with van der Waals surface area (Å²) < 4.78 is 0. The van der Waals surface area contributed by atoms with Gasteiger partial charge in [0.1, 0.15) is 6.04 Å². The van der Waals surface area contributed by atoms with E-state index in [1.807, 2.05) is 31.2 Å². The lowest BCUT2D eigenvalue weighted by molar-refractivity contribution is -0.137. The fraction of sp³-hybridized carbons (Fsp3) is 0.286. The molecule has 100 valence electrons. The molecule has 1 aromatic carbocycles. The minimum absolute atomic E-state index is 0.603. The first-order valence-electron chi connectivity index (χ1n) is 6.01. The van der Waals surface area contributed by atoms with Gasteiger partial charge < -0.3 is 10.4 Å². The fourth-order valence-electron chi connectivity index (χ4n) is 1.83. The van der Waals surface area contributed by atoms with Crippen molar-refractivity contribution in [1.29, 1.82) is 0 Å². The van der Waals surface area contributed by atoms with Gasteiger partial charge in [-0.3, -0.25) is 4.79 Å². The van der Waals surface area contributed by atoms with Crippen LogP contribution in [0.1, 0.15) is 16.8 Å². The standard InChI is InChI=1S/C14H16N2O2S/c1-8(14(17)18)15-12-6-4-11(5-7-12)13-9(2)19-10(3)16-13/h4-8,15H,1-3H3,(H,17,18). The quantitative estimate of drug-likeness (QED) is 0.899. The summed E-state index contributed by atoms with van der Waals surface area (Å²) in [7, 11) is 0. The summed E-state index contributed by atoms with van der Waals surface area (Å²) in [4.78, 5) is 16.5. The first-order valence-corrected chi connectivity index (χ1v) is 6.83. The SMILES string of the molecule is Cc1nc(-c2ccc(NC(C)C(=O)O)cc2)c(C)s1. The van der Waals surface area contributed by atoms with Gasteiger partial charge in [0.2, 0.25) is 0 Å². The predicted octanol–water partition coefficient (Wildman–Crippen LogP) is 3.31. The van der Waals surface area contributed by atoms with E-state index in [2.05, 4.69) is 17.2 Å². The van der Waals surface area contributed by atoms with E-state index in [-0.39, 0.29) is 0 Å². The summed E-state index contributed by atoms with van der Waals surface area (Å²) in [6, 6.07) is 7.07. The Bertz CT molecular complexity index is 590. The van der Waals surface area contributed by atoms with Crippen molar-refractivity contribution in [1.82, 2.24) is 4.98 Å². The van der Waals surface area contributed by atoms with Crippen LogP contribution in [0.4, 0.5) is 5.69 Å². The minimum Gasteiger partial charge on any atom is -0.480 e. The zero-order valence-corrected chi connectivity index (χ0v) is 11.9. The van der Waals surface area contributed by atoms with Crippen molar-refractivity contribution in [2.24, 2.45) is 0 Å². The molecule has 1 heterocycles. The number of thiazole rings is 1. The van der Waals surface area contributed by atoms with Crippen LogP contribution in [0.2, 0.25) is 0 Å². The second-order valence-electron chi connectivity index (χ2n) is 4.42. The molecule has 0 aliphatic heterocycles. The molecular weight excluding hydrogens is 260 g/mol. The van der Waals surface area contributed by atoms with Gasteiger partial charge in [-0.15, -0.1) is 11.3 Å². The third kappa shape index (κ3) is 3.12. The lowest BCUT2D eigenvalue weighted by Crippen LogP contribution is -2.25. The molecule has 1 aromatic heterocycles. The molecule has 0 radical (unpaired) electrons. The van der Waals surface area contributed by atoms with E-state index in [1.165, 1.54) is 4.88 Å². The average Bonchev–Trinajstić information content (AvgIpc) is 2.69. The number of benzene rings is 1. The smallest absolute Gasteiger partial charge is 0.325 e. The van der Waals surface area contributed by atoms with Crippen LogP contribution in [0.3, 0.4) is 0 Å². The van der Waals surface area contributed by atoms with Crippen LogP contribution in [0, 0.1) is 13.8 Å². The number of carbonyl (C=O) groups is 1. The third-order valence-corrected chi connectivity index (χ3v) is 3.70. The zero-order valence-electron chi connectivity index (χ0n) is 11.1. The first-order chi connectivity index (χ1) is 8.97. The maximum Gasteiger partial charge on any atom is 0.325 e. The fourth-order valence-corrected chi connectivity index (χ4v) is 2.67. The maximum absolute atomic E-state index is 10.8. The summed E-state index contributed by atoms with van der Waals surface area (Å²) in [5.41, 5.74) is 2.85. The van der Waals surface area contributed by atoms with E-state index >= 15 is 0 Å². The molecule has 0 saturated carbocycles. The van der Waals surface area contributed by atoms with Crippen LogP contribution in [0.5, 0.6) is 0 Å². The summed E-state index contributed by atoms with van der Waals surface area (Å²) in [6.45, 7) is 5.66. The molecule has 2 aromatic rings. The van der Waals surface area contributed by atoms with Crippen molar-refractivity contribution in [3.8, 4) is 11.3 Å². The van der Waals surface area contributed by atoms with Gasteiger partial charge in [0.05, 0.1) is 10.7 Å². The number of nitrogens with zero attached hydrogens (tertiary/aromatic N) is 1. The molecule has 2 rings (SSSR count). The van der Waals surface area contributed by atoms with Gasteiger partial charge in [-0.2, -0.15) is 0 Å². The van der Waals surface area contributed by atoms with Crippen LogP contribution in [0.25, 0.3) is 11.3 Å². The normalized spacial score (nSPS) is 12.2. The van der Waals surface area contributed by atoms with Gasteiger partial charge in [0, 0.05) is 16.1 Å². The van der Waals surface area contributed by atoms with E-state index in [0.717, 1.165) is 22.0 Å². The average molecular weight is 276 g/mol. The van der Waals surface area contributed by atoms with E-state index in [0.29, 0.717) is 0 Å². The monoisotopic (exact) mass is 276 g/mol. The zero-order chi connectivity index (χ0) is 14.0. The molecule has 1 atom stereocenters. The molecule has 0 aliphatic carbocycles. The van der Waals surface area contributed by atoms with Crippen molar-refractivity contribution in [2.75, 3.05) is 5.32 Å². The first kappa shape index (κ1) is 13.5. The Hall–Kier alpha value is -1.88. The summed E-state index contributed by atoms with van der Waals surface area (Å²) >= 11 is 1.68. The number of nitrogens with one attached hydrogen (secondary N) is 1. The Labute approximate surface area is 116 Å². The minimum atomic E-state index is -0.866. The molecule has 5 heteroatoms. The van der Waals surface area contributed by atoms with Crippen LogP contribution in [0.15, 0.2) is 24.3 Å². The number of anilines is 1.